The van der Waals surface area contributed by atoms with Crippen molar-refractivity contribution in [3.8, 4) is 0 Å². The van der Waals surface area contributed by atoms with Crippen LogP contribution in [0.3, 0.4) is 0 Å². The van der Waals surface area contributed by atoms with Crippen LogP contribution >= 0.6 is 0 Å². The van der Waals surface area contributed by atoms with Crippen molar-refractivity contribution >= 4 is 39.8 Å². The number of fused-ring (bicyclic) bond motifs is 3. The number of nitrogen functional groups attached to an aromatic ring is 1. The molecular formula is C18H19N5O3. The average molecular weight is 353 g/mol. The summed E-state index contributed by atoms with van der Waals surface area (Å²) in [4.78, 5) is 29.0. The van der Waals surface area contributed by atoms with Gasteiger partial charge in [-0.25, -0.2) is 9.78 Å². The molecule has 1 unspecified atom stereocenters. The Balaban J connectivity index is 1.91. The number of pyridine rings is 1. The Bertz CT molecular complexity index is 1040. The number of nitrogens with two attached hydrogens (primary N) is 2. The number of hydrogen-bond donors (Lipinski definition) is 3. The highest BCUT2D eigenvalue weighted by Crippen LogP contribution is 2.31. The first kappa shape index (κ1) is 16.2. The molecule has 8 heteroatoms. The van der Waals surface area contributed by atoms with E-state index in [-0.39, 0.29) is 17.4 Å². The number of para-hydroxylation sites is 1. The number of rotatable bonds is 3. The number of hydrogen-bond acceptors (Lipinski definition) is 4. The van der Waals surface area contributed by atoms with Crippen LogP contribution in [-0.4, -0.2) is 44.1 Å². The summed E-state index contributed by atoms with van der Waals surface area (Å²) in [6.45, 7) is 1.02. The van der Waals surface area contributed by atoms with E-state index in [4.69, 9.17) is 11.5 Å². The molecule has 3 aromatic rings. The Morgan fingerprint density at radius 2 is 2.04 bits per heavy atom. The Morgan fingerprint density at radius 1 is 1.27 bits per heavy atom. The Labute approximate surface area is 149 Å². The standard InChI is InChI=1S/C18H19N5O3/c19-15-13(16(20)24)8-12-11-5-1-2-6-14(11)23(17(12)21-15)9-10-4-3-7-22(10)18(25)26/h1-2,5-6,8,10H,3-4,7,9H2,(H2,19,21)(H2,20,24)(H,25,26). The van der Waals surface area contributed by atoms with Gasteiger partial charge in [0.15, 0.2) is 0 Å². The van der Waals surface area contributed by atoms with E-state index < -0.39 is 12.0 Å². The van der Waals surface area contributed by atoms with Crippen LogP contribution in [0.2, 0.25) is 0 Å². The van der Waals surface area contributed by atoms with Crippen LogP contribution in [0.25, 0.3) is 21.9 Å². The monoisotopic (exact) mass is 353 g/mol. The third-order valence-corrected chi connectivity index (χ3v) is 5.05. The van der Waals surface area contributed by atoms with Crippen LogP contribution < -0.4 is 11.5 Å². The third kappa shape index (κ3) is 2.42. The van der Waals surface area contributed by atoms with Crippen LogP contribution in [0, 0.1) is 0 Å². The van der Waals surface area contributed by atoms with E-state index in [0.717, 1.165) is 29.1 Å². The minimum atomic E-state index is -0.906. The van der Waals surface area contributed by atoms with Gasteiger partial charge in [0.1, 0.15) is 11.5 Å². The first-order chi connectivity index (χ1) is 12.5. The molecule has 2 aromatic heterocycles. The van der Waals surface area contributed by atoms with Gasteiger partial charge in [-0.3, -0.25) is 4.79 Å². The third-order valence-electron chi connectivity index (χ3n) is 5.05. The summed E-state index contributed by atoms with van der Waals surface area (Å²) in [6.07, 6.45) is 0.738. The molecule has 3 heterocycles. The summed E-state index contributed by atoms with van der Waals surface area (Å²) in [5, 5.41) is 11.1. The molecular weight excluding hydrogens is 334 g/mol. The Kier molecular flexibility index (Phi) is 3.68. The maximum atomic E-state index is 11.6. The fourth-order valence-corrected chi connectivity index (χ4v) is 3.84. The molecule has 1 fully saturated rings. The number of primary amides is 1. The summed E-state index contributed by atoms with van der Waals surface area (Å²) >= 11 is 0. The molecule has 0 saturated carbocycles. The number of amides is 2. The van der Waals surface area contributed by atoms with Gasteiger partial charge in [0.05, 0.1) is 17.1 Å². The second-order valence-electron chi connectivity index (χ2n) is 6.56. The maximum Gasteiger partial charge on any atom is 0.407 e. The normalized spacial score (nSPS) is 17.2. The fourth-order valence-electron chi connectivity index (χ4n) is 3.84. The molecule has 0 radical (unpaired) electrons. The van der Waals surface area contributed by atoms with Crippen LogP contribution in [0.1, 0.15) is 23.2 Å². The number of anilines is 1. The second-order valence-corrected chi connectivity index (χ2v) is 6.56. The molecule has 4 rings (SSSR count). The largest absolute Gasteiger partial charge is 0.465 e. The number of carbonyl (C=O) groups excluding carboxylic acids is 1. The van der Waals surface area contributed by atoms with Gasteiger partial charge in [-0.15, -0.1) is 0 Å². The lowest BCUT2D eigenvalue weighted by molar-refractivity contribution is 0.100. The zero-order valence-electron chi connectivity index (χ0n) is 14.1. The molecule has 2 amide bonds. The highest BCUT2D eigenvalue weighted by atomic mass is 16.4. The van der Waals surface area contributed by atoms with E-state index in [1.807, 2.05) is 28.8 Å². The summed E-state index contributed by atoms with van der Waals surface area (Å²) in [5.41, 5.74) is 13.1. The zero-order chi connectivity index (χ0) is 18.4. The van der Waals surface area contributed by atoms with Crippen molar-refractivity contribution in [2.75, 3.05) is 12.3 Å². The molecule has 134 valence electrons. The molecule has 1 atom stereocenters. The average Bonchev–Trinajstić information content (AvgIpc) is 3.18. The first-order valence-corrected chi connectivity index (χ1v) is 8.44. The van der Waals surface area contributed by atoms with Crippen LogP contribution in [0.4, 0.5) is 10.6 Å². The van der Waals surface area contributed by atoms with Crippen molar-refractivity contribution in [2.45, 2.75) is 25.4 Å². The van der Waals surface area contributed by atoms with Gasteiger partial charge in [0.25, 0.3) is 5.91 Å². The predicted molar refractivity (Wildman–Crippen MR) is 97.9 cm³/mol. The highest BCUT2D eigenvalue weighted by Gasteiger charge is 2.30. The fraction of sp³-hybridized carbons (Fsp3) is 0.278. The lowest BCUT2D eigenvalue weighted by Gasteiger charge is -2.22. The van der Waals surface area contributed by atoms with Crippen molar-refractivity contribution in [1.82, 2.24) is 14.5 Å². The van der Waals surface area contributed by atoms with Gasteiger partial charge in [-0.1, -0.05) is 18.2 Å². The molecule has 0 spiro atoms. The Morgan fingerprint density at radius 3 is 2.77 bits per heavy atom. The van der Waals surface area contributed by atoms with Crippen LogP contribution in [0.15, 0.2) is 30.3 Å². The first-order valence-electron chi connectivity index (χ1n) is 8.44. The van der Waals surface area contributed by atoms with Gasteiger partial charge in [-0.05, 0) is 25.0 Å². The number of nitrogens with zero attached hydrogens (tertiary/aromatic N) is 3. The summed E-state index contributed by atoms with van der Waals surface area (Å²) in [6, 6.07) is 9.27. The number of carboxylic acid groups (broad SMARTS) is 1. The number of benzene rings is 1. The lowest BCUT2D eigenvalue weighted by atomic mass is 10.1. The maximum absolute atomic E-state index is 11.6. The van der Waals surface area contributed by atoms with Crippen molar-refractivity contribution in [3.63, 3.8) is 0 Å². The van der Waals surface area contributed by atoms with Gasteiger partial charge < -0.3 is 26.0 Å². The van der Waals surface area contributed by atoms with Crippen LogP contribution in [0.5, 0.6) is 0 Å². The molecule has 1 aliphatic rings. The van der Waals surface area contributed by atoms with E-state index >= 15 is 0 Å². The van der Waals surface area contributed by atoms with Gasteiger partial charge in [-0.2, -0.15) is 0 Å². The molecule has 1 aliphatic heterocycles. The molecule has 0 bridgehead atoms. The molecule has 5 N–H and O–H groups in total. The van der Waals surface area contributed by atoms with Crippen molar-refractivity contribution in [3.05, 3.63) is 35.9 Å². The minimum Gasteiger partial charge on any atom is -0.465 e. The van der Waals surface area contributed by atoms with Crippen molar-refractivity contribution in [1.29, 1.82) is 0 Å². The van der Waals surface area contributed by atoms with E-state index in [0.29, 0.717) is 18.7 Å². The molecule has 8 nitrogen and oxygen atoms in total. The van der Waals surface area contributed by atoms with E-state index in [2.05, 4.69) is 4.98 Å². The van der Waals surface area contributed by atoms with Crippen LogP contribution in [-0.2, 0) is 6.54 Å². The van der Waals surface area contributed by atoms with E-state index in [1.165, 1.54) is 4.90 Å². The van der Waals surface area contributed by atoms with Crippen molar-refractivity contribution in [2.24, 2.45) is 5.73 Å². The predicted octanol–water partition coefficient (Wildman–Crippen LogP) is 2.01. The Hall–Kier alpha value is -3.29. The number of carbonyl (C=O) groups is 2. The highest BCUT2D eigenvalue weighted by molar-refractivity contribution is 6.10. The lowest BCUT2D eigenvalue weighted by Crippen LogP contribution is -2.37. The van der Waals surface area contributed by atoms with Crippen molar-refractivity contribution < 1.29 is 14.7 Å². The van der Waals surface area contributed by atoms with Gasteiger partial charge in [0.2, 0.25) is 0 Å². The molecule has 1 aromatic carbocycles. The topological polar surface area (TPSA) is 127 Å². The summed E-state index contributed by atoms with van der Waals surface area (Å²) < 4.78 is 1.98. The number of likely N-dealkylation sites (tertiary alicyclic amines) is 1. The van der Waals surface area contributed by atoms with Gasteiger partial charge in [0, 0.05) is 23.9 Å². The summed E-state index contributed by atoms with van der Waals surface area (Å²) in [7, 11) is 0. The SMILES string of the molecule is NC(=O)c1cc2c3ccccc3n(CC3CCCN3C(=O)O)c2nc1N. The quantitative estimate of drug-likeness (QED) is 0.664. The second kappa shape index (κ2) is 5.91. The zero-order valence-corrected chi connectivity index (χ0v) is 14.1. The molecule has 0 aliphatic carbocycles. The smallest absolute Gasteiger partial charge is 0.407 e. The molecule has 1 saturated heterocycles. The van der Waals surface area contributed by atoms with E-state index in [1.54, 1.807) is 6.07 Å². The summed E-state index contributed by atoms with van der Waals surface area (Å²) in [5.74, 6) is -0.544. The minimum absolute atomic E-state index is 0.0792. The molecule has 26 heavy (non-hydrogen) atoms. The number of aromatic nitrogens is 2. The van der Waals surface area contributed by atoms with Gasteiger partial charge >= 0.3 is 6.09 Å². The van der Waals surface area contributed by atoms with E-state index in [9.17, 15) is 14.7 Å².